The van der Waals surface area contributed by atoms with Gasteiger partial charge in [-0.3, -0.25) is 0 Å². The van der Waals surface area contributed by atoms with Gasteiger partial charge in [0.25, 0.3) is 0 Å². The van der Waals surface area contributed by atoms with Gasteiger partial charge in [0.05, 0.1) is 0 Å². The summed E-state index contributed by atoms with van der Waals surface area (Å²) < 4.78 is 5.16. The smallest absolute Gasteiger partial charge is 0.330 e. The van der Waals surface area contributed by atoms with Crippen molar-refractivity contribution < 1.29 is 9.53 Å². The van der Waals surface area contributed by atoms with Crippen molar-refractivity contribution in [3.63, 3.8) is 0 Å². The van der Waals surface area contributed by atoms with Gasteiger partial charge in [-0.2, -0.15) is 0 Å². The second-order valence-electron chi connectivity index (χ2n) is 3.64. The molecule has 12 heavy (non-hydrogen) atoms. The van der Waals surface area contributed by atoms with Crippen LogP contribution in [0.25, 0.3) is 0 Å². The van der Waals surface area contributed by atoms with E-state index >= 15 is 0 Å². The molecule has 0 radical (unpaired) electrons. The summed E-state index contributed by atoms with van der Waals surface area (Å²) in [5.74, 6) is -0.0268. The maximum absolute atomic E-state index is 10.9. The zero-order chi connectivity index (χ0) is 9.35. The zero-order valence-electron chi connectivity index (χ0n) is 7.59. The maximum Gasteiger partial charge on any atom is 0.330 e. The summed E-state index contributed by atoms with van der Waals surface area (Å²) in [6, 6.07) is 0. The zero-order valence-corrected chi connectivity index (χ0v) is 7.59. The molecular weight excluding hydrogens is 152 g/mol. The molecule has 66 valence electrons. The van der Waals surface area contributed by atoms with E-state index in [-0.39, 0.29) is 5.97 Å². The van der Waals surface area contributed by atoms with E-state index in [0.29, 0.717) is 5.92 Å². The van der Waals surface area contributed by atoms with Gasteiger partial charge in [0.1, 0.15) is 5.60 Å². The third kappa shape index (κ3) is 1.76. The normalized spacial score (nSPS) is 21.8. The average Bonchev–Trinajstić information content (AvgIpc) is 2.66. The highest BCUT2D eigenvalue weighted by Gasteiger charge is 2.44. The van der Waals surface area contributed by atoms with Crippen LogP contribution in [0.3, 0.4) is 0 Å². The molecule has 0 aliphatic heterocycles. The molecule has 0 aromatic rings. The number of esters is 1. The van der Waals surface area contributed by atoms with Gasteiger partial charge in [-0.25, -0.2) is 4.79 Å². The second kappa shape index (κ2) is 2.77. The Kier molecular flexibility index (Phi) is 2.09. The third-order valence-corrected chi connectivity index (χ3v) is 2.17. The summed E-state index contributed by atoms with van der Waals surface area (Å²) in [7, 11) is 0. The largest absolute Gasteiger partial charge is 0.456 e. The van der Waals surface area contributed by atoms with E-state index in [4.69, 9.17) is 4.74 Å². The Balaban J connectivity index is 2.54. The van der Waals surface area contributed by atoms with Gasteiger partial charge in [0.15, 0.2) is 0 Å². The first-order valence-electron chi connectivity index (χ1n) is 4.00. The van der Waals surface area contributed by atoms with E-state index in [9.17, 15) is 4.79 Å². The quantitative estimate of drug-likeness (QED) is 0.364. The molecule has 2 nitrogen and oxygen atoms in total. The van der Waals surface area contributed by atoms with Gasteiger partial charge in [-0.15, -0.1) is 0 Å². The Bertz CT molecular complexity index is 238. The highest BCUT2D eigenvalue weighted by molar-refractivity contribution is 5.81. The summed E-state index contributed by atoms with van der Waals surface area (Å²) in [6.07, 6.45) is 2.16. The predicted octanol–water partition coefficient (Wildman–Crippen LogP) is 2.07. The van der Waals surface area contributed by atoms with E-state index in [1.807, 2.05) is 13.8 Å². The molecule has 2 heteroatoms. The molecular formula is C10H14O2. The lowest BCUT2D eigenvalue weighted by Crippen LogP contribution is -2.29. The van der Waals surface area contributed by atoms with Crippen LogP contribution in [0.4, 0.5) is 0 Å². The number of rotatable bonds is 3. The molecule has 1 aliphatic rings. The van der Waals surface area contributed by atoms with Gasteiger partial charge in [0.2, 0.25) is 0 Å². The number of ether oxygens (including phenoxy) is 1. The lowest BCUT2D eigenvalue weighted by molar-refractivity contribution is -0.151. The van der Waals surface area contributed by atoms with E-state index in [1.165, 1.54) is 6.08 Å². The summed E-state index contributed by atoms with van der Waals surface area (Å²) in [6.45, 7) is 11.0. The van der Waals surface area contributed by atoms with E-state index in [2.05, 4.69) is 13.2 Å². The van der Waals surface area contributed by atoms with Crippen LogP contribution in [0.5, 0.6) is 0 Å². The summed E-state index contributed by atoms with van der Waals surface area (Å²) in [4.78, 5) is 10.9. The topological polar surface area (TPSA) is 26.3 Å². The van der Waals surface area contributed by atoms with Gasteiger partial charge in [-0.05, 0) is 20.3 Å². The van der Waals surface area contributed by atoms with Gasteiger partial charge >= 0.3 is 5.97 Å². The van der Waals surface area contributed by atoms with Gasteiger partial charge in [-0.1, -0.05) is 18.7 Å². The van der Waals surface area contributed by atoms with Crippen molar-refractivity contribution in [2.24, 2.45) is 5.92 Å². The molecule has 0 bridgehead atoms. The highest BCUT2D eigenvalue weighted by atomic mass is 16.6. The van der Waals surface area contributed by atoms with Crippen LogP contribution in [0.1, 0.15) is 20.3 Å². The molecule has 1 saturated carbocycles. The number of carbonyl (C=O) groups is 1. The van der Waals surface area contributed by atoms with Gasteiger partial charge in [0, 0.05) is 12.0 Å². The molecule has 1 atom stereocenters. The van der Waals surface area contributed by atoms with Crippen molar-refractivity contribution in [2.75, 3.05) is 0 Å². The van der Waals surface area contributed by atoms with Crippen molar-refractivity contribution >= 4 is 5.97 Å². The average molecular weight is 166 g/mol. The van der Waals surface area contributed by atoms with Crippen LogP contribution in [-0.2, 0) is 9.53 Å². The number of hydrogen-bond acceptors (Lipinski definition) is 2. The Labute approximate surface area is 72.9 Å². The fourth-order valence-electron chi connectivity index (χ4n) is 1.31. The van der Waals surface area contributed by atoms with Crippen LogP contribution in [0.2, 0.25) is 0 Å². The monoisotopic (exact) mass is 166 g/mol. The summed E-state index contributed by atoms with van der Waals surface area (Å²) in [5, 5.41) is 0. The Morgan fingerprint density at radius 3 is 2.58 bits per heavy atom. The molecule has 1 aliphatic carbocycles. The molecule has 1 unspecified atom stereocenters. The molecule has 0 N–H and O–H groups in total. The molecule has 1 rings (SSSR count). The minimum absolute atomic E-state index is 0.335. The molecule has 0 aromatic carbocycles. The Morgan fingerprint density at radius 2 is 2.25 bits per heavy atom. The predicted molar refractivity (Wildman–Crippen MR) is 47.6 cm³/mol. The lowest BCUT2D eigenvalue weighted by Gasteiger charge is -2.23. The van der Waals surface area contributed by atoms with Crippen LogP contribution in [0.15, 0.2) is 24.8 Å². The Morgan fingerprint density at radius 1 is 1.75 bits per heavy atom. The molecule has 0 spiro atoms. The molecule has 0 heterocycles. The van der Waals surface area contributed by atoms with Gasteiger partial charge < -0.3 is 4.74 Å². The van der Waals surface area contributed by atoms with Crippen LogP contribution in [-0.4, -0.2) is 11.6 Å². The molecule has 0 amide bonds. The van der Waals surface area contributed by atoms with Crippen molar-refractivity contribution in [3.05, 3.63) is 24.8 Å². The van der Waals surface area contributed by atoms with Crippen LogP contribution < -0.4 is 0 Å². The first-order valence-corrected chi connectivity index (χ1v) is 4.00. The van der Waals surface area contributed by atoms with E-state index < -0.39 is 5.60 Å². The van der Waals surface area contributed by atoms with Crippen molar-refractivity contribution in [1.29, 1.82) is 0 Å². The van der Waals surface area contributed by atoms with E-state index in [1.54, 1.807) is 0 Å². The minimum Gasteiger partial charge on any atom is -0.456 e. The lowest BCUT2D eigenvalue weighted by atomic mass is 10.0. The summed E-state index contributed by atoms with van der Waals surface area (Å²) >= 11 is 0. The summed E-state index contributed by atoms with van der Waals surface area (Å²) in [5.41, 5.74) is 0.749. The van der Waals surface area contributed by atoms with Crippen LogP contribution in [0, 0.1) is 5.92 Å². The first-order chi connectivity index (χ1) is 5.47. The third-order valence-electron chi connectivity index (χ3n) is 2.17. The molecule has 1 fully saturated rings. The molecule has 0 saturated heterocycles. The standard InChI is InChI=1S/C10H14O2/c1-5-9(11)12-10(3,4)8-6-7(8)2/h5,8H,1-2,6H2,3-4H3. The fourth-order valence-corrected chi connectivity index (χ4v) is 1.31. The van der Waals surface area contributed by atoms with Crippen LogP contribution >= 0.6 is 0 Å². The fraction of sp³-hybridized carbons (Fsp3) is 0.500. The SMILES string of the molecule is C=CC(=O)OC(C)(C)C1CC1=C. The van der Waals surface area contributed by atoms with Crippen molar-refractivity contribution in [2.45, 2.75) is 25.9 Å². The Hall–Kier alpha value is -1.05. The minimum atomic E-state index is -0.414. The number of carbonyl (C=O) groups excluding carboxylic acids is 1. The van der Waals surface area contributed by atoms with Crippen molar-refractivity contribution in [3.8, 4) is 0 Å². The molecule has 0 aromatic heterocycles. The maximum atomic E-state index is 10.9. The van der Waals surface area contributed by atoms with Crippen molar-refractivity contribution in [1.82, 2.24) is 0 Å². The number of hydrogen-bond donors (Lipinski definition) is 0. The highest BCUT2D eigenvalue weighted by Crippen LogP contribution is 2.46. The second-order valence-corrected chi connectivity index (χ2v) is 3.64. The first kappa shape index (κ1) is 9.04. The van der Waals surface area contributed by atoms with E-state index in [0.717, 1.165) is 12.0 Å².